The lowest BCUT2D eigenvalue weighted by atomic mass is 10.0. The lowest BCUT2D eigenvalue weighted by molar-refractivity contribution is 0.0688. The van der Waals surface area contributed by atoms with Crippen LogP contribution < -0.4 is 0 Å². The summed E-state index contributed by atoms with van der Waals surface area (Å²) >= 11 is 0. The first kappa shape index (κ1) is 18.8. The van der Waals surface area contributed by atoms with Crippen molar-refractivity contribution in [1.82, 2.24) is 14.2 Å². The van der Waals surface area contributed by atoms with E-state index >= 15 is 0 Å². The molecule has 0 unspecified atom stereocenters. The Balaban J connectivity index is 1.78. The van der Waals surface area contributed by atoms with E-state index in [-0.39, 0.29) is 17.7 Å². The molecule has 1 fully saturated rings. The van der Waals surface area contributed by atoms with Crippen molar-refractivity contribution in [1.29, 1.82) is 0 Å². The maximum atomic E-state index is 13.1. The second-order valence-corrected chi connectivity index (χ2v) is 9.09. The van der Waals surface area contributed by atoms with Gasteiger partial charge in [-0.05, 0) is 38.8 Å². The molecule has 6 nitrogen and oxygen atoms in total. The maximum Gasteiger partial charge on any atom is 0.254 e. The fraction of sp³-hybridized carbons (Fsp3) is 0.474. The van der Waals surface area contributed by atoms with Gasteiger partial charge in [0, 0.05) is 37.3 Å². The Hall–Kier alpha value is -1.99. The zero-order valence-electron chi connectivity index (χ0n) is 15.5. The minimum atomic E-state index is -3.20. The Kier molecular flexibility index (Phi) is 5.29. The van der Waals surface area contributed by atoms with Gasteiger partial charge < -0.3 is 4.90 Å². The van der Waals surface area contributed by atoms with Crippen molar-refractivity contribution in [2.75, 3.05) is 25.9 Å². The van der Waals surface area contributed by atoms with Gasteiger partial charge in [-0.25, -0.2) is 12.7 Å². The predicted octanol–water partition coefficient (Wildman–Crippen LogP) is 2.43. The van der Waals surface area contributed by atoms with Crippen LogP contribution in [0.15, 0.2) is 30.3 Å². The average molecular weight is 375 g/mol. The van der Waals surface area contributed by atoms with E-state index < -0.39 is 10.0 Å². The van der Waals surface area contributed by atoms with Crippen LogP contribution in [0.2, 0.25) is 0 Å². The number of nitrogens with zero attached hydrogens (tertiary/aromatic N) is 3. The van der Waals surface area contributed by atoms with Crippen LogP contribution in [0.1, 0.15) is 35.8 Å². The molecule has 0 saturated carbocycles. The van der Waals surface area contributed by atoms with Crippen LogP contribution in [0.3, 0.4) is 0 Å². The number of piperidine rings is 1. The molecule has 2 aromatic rings. The number of aryl methyl sites for hydroxylation is 1. The lowest BCUT2D eigenvalue weighted by Crippen LogP contribution is -2.47. The third-order valence-corrected chi connectivity index (χ3v) is 7.05. The molecule has 0 bridgehead atoms. The van der Waals surface area contributed by atoms with Gasteiger partial charge >= 0.3 is 0 Å². The van der Waals surface area contributed by atoms with Crippen LogP contribution in [0, 0.1) is 6.92 Å². The molecule has 1 amide bonds. The number of carbonyl (C=O) groups is 1. The highest BCUT2D eigenvalue weighted by atomic mass is 32.2. The van der Waals surface area contributed by atoms with Crippen LogP contribution in [0.25, 0.3) is 10.9 Å². The zero-order valence-corrected chi connectivity index (χ0v) is 16.3. The average Bonchev–Trinajstić information content (AvgIpc) is 2.66. The SMILES string of the molecule is CCS(=O)(=O)N(C)C1CCN(C(=O)c2cc(C)nc3ccccc23)CC1. The van der Waals surface area contributed by atoms with Crippen molar-refractivity contribution in [2.24, 2.45) is 0 Å². The van der Waals surface area contributed by atoms with Crippen molar-refractivity contribution >= 4 is 26.8 Å². The summed E-state index contributed by atoms with van der Waals surface area (Å²) in [5, 5.41) is 0.857. The Bertz CT molecular complexity index is 919. The molecule has 7 heteroatoms. The van der Waals surface area contributed by atoms with E-state index in [2.05, 4.69) is 4.98 Å². The summed E-state index contributed by atoms with van der Waals surface area (Å²) in [6.45, 7) is 4.66. The summed E-state index contributed by atoms with van der Waals surface area (Å²) in [5.41, 5.74) is 2.30. The number of likely N-dealkylation sites (tertiary alicyclic amines) is 1. The van der Waals surface area contributed by atoms with Crippen LogP contribution in [-0.2, 0) is 10.0 Å². The van der Waals surface area contributed by atoms with E-state index in [1.165, 1.54) is 4.31 Å². The van der Waals surface area contributed by atoms with Crippen LogP contribution in [-0.4, -0.2) is 60.4 Å². The van der Waals surface area contributed by atoms with E-state index in [4.69, 9.17) is 0 Å². The predicted molar refractivity (Wildman–Crippen MR) is 103 cm³/mol. The molecule has 0 spiro atoms. The first-order valence-electron chi connectivity index (χ1n) is 8.95. The third kappa shape index (κ3) is 3.59. The van der Waals surface area contributed by atoms with Gasteiger partial charge in [0.1, 0.15) is 0 Å². The molecule has 2 heterocycles. The number of para-hydroxylation sites is 1. The van der Waals surface area contributed by atoms with Gasteiger partial charge in [-0.3, -0.25) is 9.78 Å². The summed E-state index contributed by atoms with van der Waals surface area (Å²) < 4.78 is 25.6. The van der Waals surface area contributed by atoms with Gasteiger partial charge in [-0.2, -0.15) is 0 Å². The monoisotopic (exact) mass is 375 g/mol. The Morgan fingerprint density at radius 1 is 1.27 bits per heavy atom. The maximum absolute atomic E-state index is 13.1. The Morgan fingerprint density at radius 2 is 1.92 bits per heavy atom. The number of hydrogen-bond donors (Lipinski definition) is 0. The van der Waals surface area contributed by atoms with Crippen molar-refractivity contribution in [3.8, 4) is 0 Å². The highest BCUT2D eigenvalue weighted by molar-refractivity contribution is 7.89. The second kappa shape index (κ2) is 7.32. The number of fused-ring (bicyclic) bond motifs is 1. The first-order valence-corrected chi connectivity index (χ1v) is 10.6. The molecule has 1 aliphatic rings. The minimum Gasteiger partial charge on any atom is -0.339 e. The van der Waals surface area contributed by atoms with Gasteiger partial charge in [0.2, 0.25) is 10.0 Å². The van der Waals surface area contributed by atoms with E-state index in [0.29, 0.717) is 31.5 Å². The fourth-order valence-electron chi connectivity index (χ4n) is 3.52. The number of sulfonamides is 1. The summed E-state index contributed by atoms with van der Waals surface area (Å²) in [6, 6.07) is 9.45. The molecule has 0 N–H and O–H groups in total. The highest BCUT2D eigenvalue weighted by Crippen LogP contribution is 2.23. The third-order valence-electron chi connectivity index (χ3n) is 5.14. The number of aromatic nitrogens is 1. The number of carbonyl (C=O) groups excluding carboxylic acids is 1. The first-order chi connectivity index (χ1) is 12.3. The number of benzene rings is 1. The van der Waals surface area contributed by atoms with Crippen molar-refractivity contribution < 1.29 is 13.2 Å². The molecule has 1 aromatic heterocycles. The molecule has 1 aromatic carbocycles. The van der Waals surface area contributed by atoms with Crippen molar-refractivity contribution in [3.63, 3.8) is 0 Å². The summed E-state index contributed by atoms with van der Waals surface area (Å²) in [7, 11) is -1.56. The molecule has 0 atom stereocenters. The van der Waals surface area contributed by atoms with Crippen molar-refractivity contribution in [3.05, 3.63) is 41.6 Å². The zero-order chi connectivity index (χ0) is 18.9. The Labute approximate surface area is 154 Å². The van der Waals surface area contributed by atoms with Gasteiger partial charge in [0.05, 0.1) is 16.8 Å². The second-order valence-electron chi connectivity index (χ2n) is 6.77. The lowest BCUT2D eigenvalue weighted by Gasteiger charge is -2.36. The van der Waals surface area contributed by atoms with E-state index in [1.807, 2.05) is 42.2 Å². The molecular weight excluding hydrogens is 350 g/mol. The number of amides is 1. The summed E-state index contributed by atoms with van der Waals surface area (Å²) in [6.07, 6.45) is 1.31. The van der Waals surface area contributed by atoms with Gasteiger partial charge in [-0.1, -0.05) is 18.2 Å². The molecule has 1 saturated heterocycles. The molecule has 3 rings (SSSR count). The molecule has 0 radical (unpaired) electrons. The molecule has 26 heavy (non-hydrogen) atoms. The minimum absolute atomic E-state index is 0.00819. The fourth-order valence-corrected chi connectivity index (χ4v) is 4.59. The van der Waals surface area contributed by atoms with E-state index in [0.717, 1.165) is 16.6 Å². The van der Waals surface area contributed by atoms with Crippen LogP contribution >= 0.6 is 0 Å². The quantitative estimate of drug-likeness (QED) is 0.823. The van der Waals surface area contributed by atoms with E-state index in [9.17, 15) is 13.2 Å². The van der Waals surface area contributed by atoms with Crippen molar-refractivity contribution in [2.45, 2.75) is 32.7 Å². The van der Waals surface area contributed by atoms with Gasteiger partial charge in [-0.15, -0.1) is 0 Å². The summed E-state index contributed by atoms with van der Waals surface area (Å²) in [4.78, 5) is 19.4. The smallest absolute Gasteiger partial charge is 0.254 e. The molecule has 1 aliphatic heterocycles. The van der Waals surface area contributed by atoms with E-state index in [1.54, 1.807) is 14.0 Å². The summed E-state index contributed by atoms with van der Waals surface area (Å²) in [5.74, 6) is 0.0939. The number of hydrogen-bond acceptors (Lipinski definition) is 4. The number of pyridine rings is 1. The largest absolute Gasteiger partial charge is 0.339 e. The standard InChI is InChI=1S/C19H25N3O3S/c1-4-26(24,25)21(3)15-9-11-22(12-10-15)19(23)17-13-14(2)20-18-8-6-5-7-16(17)18/h5-8,13,15H,4,9-12H2,1-3H3. The van der Waals surface area contributed by atoms with Crippen LogP contribution in [0.4, 0.5) is 0 Å². The normalized spacial score (nSPS) is 16.4. The Morgan fingerprint density at radius 3 is 2.58 bits per heavy atom. The van der Waals surface area contributed by atoms with Crippen LogP contribution in [0.5, 0.6) is 0 Å². The van der Waals surface area contributed by atoms with Gasteiger partial charge in [0.25, 0.3) is 5.91 Å². The molecular formula is C19H25N3O3S. The topological polar surface area (TPSA) is 70.6 Å². The molecule has 140 valence electrons. The highest BCUT2D eigenvalue weighted by Gasteiger charge is 2.31. The van der Waals surface area contributed by atoms with Gasteiger partial charge in [0.15, 0.2) is 0 Å². The number of rotatable bonds is 4. The molecule has 0 aliphatic carbocycles.